The number of carbonyl (C=O) groups excluding carboxylic acids is 2. The Kier molecular flexibility index (Phi) is 4.03. The fraction of sp³-hybridized carbons (Fsp3) is 0.833. The Hall–Kier alpha value is -0.750. The Morgan fingerprint density at radius 2 is 1.83 bits per heavy atom. The predicted octanol–water partition coefficient (Wildman–Crippen LogP) is -1.05. The van der Waals surface area contributed by atoms with Crippen molar-refractivity contribution < 1.29 is 19.8 Å². The number of rotatable bonds is 4. The van der Waals surface area contributed by atoms with Crippen LogP contribution in [0.5, 0.6) is 0 Å². The molecule has 0 amide bonds. The molecule has 0 aromatic carbocycles. The van der Waals surface area contributed by atoms with Crippen LogP contribution in [0.15, 0.2) is 0 Å². The van der Waals surface area contributed by atoms with Crippen molar-refractivity contribution in [2.45, 2.75) is 44.2 Å². The standard InChI is InChI=1S/C12H21NO4S/c1-5-11(9(14)15)7(4)12(6(2)3,10(16)17)18-8(11)13/h6-8H,5,13H2,1-4H3,(H,14,15)(H,16,17)/p-2. The second-order valence-electron chi connectivity index (χ2n) is 5.18. The van der Waals surface area contributed by atoms with Gasteiger partial charge in [-0.15, -0.1) is 11.8 Å². The molecule has 2 N–H and O–H groups in total. The van der Waals surface area contributed by atoms with E-state index in [2.05, 4.69) is 0 Å². The van der Waals surface area contributed by atoms with Crippen LogP contribution in [0.3, 0.4) is 0 Å². The largest absolute Gasteiger partial charge is 0.549 e. The molecule has 18 heavy (non-hydrogen) atoms. The fourth-order valence-corrected chi connectivity index (χ4v) is 4.97. The van der Waals surface area contributed by atoms with Crippen molar-refractivity contribution in [3.63, 3.8) is 0 Å². The van der Waals surface area contributed by atoms with E-state index in [4.69, 9.17) is 5.73 Å². The molecule has 0 spiro atoms. The van der Waals surface area contributed by atoms with Gasteiger partial charge in [-0.25, -0.2) is 0 Å². The molecule has 0 aromatic rings. The zero-order chi connectivity index (χ0) is 14.3. The molecule has 0 saturated carbocycles. The molecule has 4 unspecified atom stereocenters. The van der Waals surface area contributed by atoms with Gasteiger partial charge in [0, 0.05) is 5.41 Å². The van der Waals surface area contributed by atoms with Crippen LogP contribution >= 0.6 is 11.8 Å². The summed E-state index contributed by atoms with van der Waals surface area (Å²) in [7, 11) is 0. The minimum atomic E-state index is -1.32. The van der Waals surface area contributed by atoms with Gasteiger partial charge >= 0.3 is 0 Å². The second-order valence-corrected chi connectivity index (χ2v) is 6.60. The number of nitrogens with two attached hydrogens (primary N) is 1. The Balaban J connectivity index is 3.40. The smallest absolute Gasteiger partial charge is 0.0629 e. The first-order valence-corrected chi connectivity index (χ1v) is 6.92. The third kappa shape index (κ3) is 1.66. The zero-order valence-corrected chi connectivity index (χ0v) is 11.9. The highest BCUT2D eigenvalue weighted by molar-refractivity contribution is 8.02. The van der Waals surface area contributed by atoms with Gasteiger partial charge in [-0.1, -0.05) is 27.7 Å². The molecule has 4 atom stereocenters. The van der Waals surface area contributed by atoms with Gasteiger partial charge in [0.1, 0.15) is 0 Å². The third-order valence-electron chi connectivity index (χ3n) is 4.39. The van der Waals surface area contributed by atoms with Gasteiger partial charge in [0.15, 0.2) is 0 Å². The SMILES string of the molecule is CCC1(C(=O)[O-])C(N)SC(C(=O)[O-])(C(C)C)C1C. The van der Waals surface area contributed by atoms with Crippen molar-refractivity contribution in [2.24, 2.45) is 23.0 Å². The lowest BCUT2D eigenvalue weighted by atomic mass is 9.65. The van der Waals surface area contributed by atoms with E-state index in [9.17, 15) is 19.8 Å². The van der Waals surface area contributed by atoms with Crippen molar-refractivity contribution in [3.05, 3.63) is 0 Å². The normalized spacial score (nSPS) is 40.1. The van der Waals surface area contributed by atoms with Gasteiger partial charge in [-0.05, 0) is 18.3 Å². The first-order chi connectivity index (χ1) is 8.17. The summed E-state index contributed by atoms with van der Waals surface area (Å²) < 4.78 is -1.28. The molecule has 104 valence electrons. The minimum absolute atomic E-state index is 0.242. The number of aliphatic carboxylic acids is 2. The van der Waals surface area contributed by atoms with E-state index < -0.39 is 33.4 Å². The monoisotopic (exact) mass is 273 g/mol. The lowest BCUT2D eigenvalue weighted by molar-refractivity contribution is -0.325. The van der Waals surface area contributed by atoms with E-state index in [1.165, 1.54) is 0 Å². The van der Waals surface area contributed by atoms with Crippen molar-refractivity contribution in [1.82, 2.24) is 0 Å². The summed E-state index contributed by atoms with van der Waals surface area (Å²) in [4.78, 5) is 23.0. The number of hydrogen-bond acceptors (Lipinski definition) is 6. The van der Waals surface area contributed by atoms with Crippen molar-refractivity contribution in [1.29, 1.82) is 0 Å². The van der Waals surface area contributed by atoms with E-state index in [1.807, 2.05) is 0 Å². The molecule has 1 aliphatic rings. The van der Waals surface area contributed by atoms with Crippen LogP contribution in [-0.2, 0) is 9.59 Å². The summed E-state index contributed by atoms with van der Waals surface area (Å²) in [6.45, 7) is 6.80. The predicted molar refractivity (Wildman–Crippen MR) is 65.0 cm³/mol. The number of thioether (sulfide) groups is 1. The number of carboxylic acid groups (broad SMARTS) is 2. The van der Waals surface area contributed by atoms with Crippen LogP contribution in [-0.4, -0.2) is 22.1 Å². The van der Waals surface area contributed by atoms with Crippen LogP contribution in [0.2, 0.25) is 0 Å². The molecular formula is C12H19NO4S-2. The second kappa shape index (κ2) is 4.74. The fourth-order valence-electron chi connectivity index (χ4n) is 3.09. The van der Waals surface area contributed by atoms with Crippen molar-refractivity contribution in [3.8, 4) is 0 Å². The van der Waals surface area contributed by atoms with Gasteiger partial charge < -0.3 is 25.5 Å². The van der Waals surface area contributed by atoms with Crippen molar-refractivity contribution >= 4 is 23.7 Å². The van der Waals surface area contributed by atoms with Crippen LogP contribution in [0.25, 0.3) is 0 Å². The van der Waals surface area contributed by atoms with Crippen LogP contribution in [0.4, 0.5) is 0 Å². The average Bonchev–Trinajstić information content (AvgIpc) is 2.48. The Morgan fingerprint density at radius 1 is 1.33 bits per heavy atom. The Bertz CT molecular complexity index is 373. The maximum atomic E-state index is 11.5. The summed E-state index contributed by atoms with van der Waals surface area (Å²) >= 11 is 0.992. The summed E-state index contributed by atoms with van der Waals surface area (Å²) in [6.07, 6.45) is 0.242. The van der Waals surface area contributed by atoms with E-state index >= 15 is 0 Å². The molecule has 1 saturated heterocycles. The van der Waals surface area contributed by atoms with E-state index in [0.717, 1.165) is 11.8 Å². The molecule has 1 rings (SSSR count). The maximum absolute atomic E-state index is 11.5. The van der Waals surface area contributed by atoms with Gasteiger partial charge in [0.2, 0.25) is 0 Å². The Labute approximate surface area is 111 Å². The van der Waals surface area contributed by atoms with Gasteiger partial charge in [0.25, 0.3) is 0 Å². The van der Waals surface area contributed by atoms with E-state index in [1.54, 1.807) is 27.7 Å². The van der Waals surface area contributed by atoms with Crippen LogP contribution in [0, 0.1) is 17.3 Å². The molecule has 5 nitrogen and oxygen atoms in total. The van der Waals surface area contributed by atoms with Crippen molar-refractivity contribution in [2.75, 3.05) is 0 Å². The zero-order valence-electron chi connectivity index (χ0n) is 11.1. The number of carbonyl (C=O) groups is 2. The summed E-state index contributed by atoms with van der Waals surface area (Å²) in [5, 5.41) is 22.2. The molecule has 0 aromatic heterocycles. The number of hydrogen-bond donors (Lipinski definition) is 1. The molecule has 1 aliphatic heterocycles. The van der Waals surface area contributed by atoms with Gasteiger partial charge in [-0.2, -0.15) is 0 Å². The Morgan fingerprint density at radius 3 is 2.00 bits per heavy atom. The third-order valence-corrected chi connectivity index (χ3v) is 6.44. The van der Waals surface area contributed by atoms with Gasteiger partial charge in [-0.3, -0.25) is 0 Å². The lowest BCUT2D eigenvalue weighted by Crippen LogP contribution is -2.58. The molecular weight excluding hydrogens is 254 g/mol. The first kappa shape index (κ1) is 15.3. The van der Waals surface area contributed by atoms with Crippen LogP contribution < -0.4 is 15.9 Å². The molecule has 6 heteroatoms. The van der Waals surface area contributed by atoms with Gasteiger partial charge in [0.05, 0.1) is 22.1 Å². The molecule has 0 aliphatic carbocycles. The van der Waals surface area contributed by atoms with E-state index in [-0.39, 0.29) is 12.3 Å². The first-order valence-electron chi connectivity index (χ1n) is 6.04. The highest BCUT2D eigenvalue weighted by Crippen LogP contribution is 2.60. The summed E-state index contributed by atoms with van der Waals surface area (Å²) in [5.41, 5.74) is 4.59. The van der Waals surface area contributed by atoms with E-state index in [0.29, 0.717) is 0 Å². The molecule has 1 fully saturated rings. The highest BCUT2D eigenvalue weighted by Gasteiger charge is 2.61. The average molecular weight is 273 g/mol. The minimum Gasteiger partial charge on any atom is -0.549 e. The molecule has 1 heterocycles. The quantitative estimate of drug-likeness (QED) is 0.700. The maximum Gasteiger partial charge on any atom is 0.0629 e. The highest BCUT2D eigenvalue weighted by atomic mass is 32.2. The van der Waals surface area contributed by atoms with Crippen LogP contribution in [0.1, 0.15) is 34.1 Å². The number of carboxylic acids is 2. The molecule has 0 bridgehead atoms. The molecule has 0 radical (unpaired) electrons. The summed E-state index contributed by atoms with van der Waals surface area (Å²) in [5.74, 6) is -3.45. The summed E-state index contributed by atoms with van der Waals surface area (Å²) in [6, 6.07) is 0. The topological polar surface area (TPSA) is 106 Å². The lowest BCUT2D eigenvalue weighted by Gasteiger charge is -2.43.